The van der Waals surface area contributed by atoms with Crippen molar-refractivity contribution in [2.45, 2.75) is 6.92 Å². The number of amides is 1. The smallest absolute Gasteiger partial charge is 0.238 e. The maximum atomic E-state index is 10.9. The van der Waals surface area contributed by atoms with E-state index < -0.39 is 0 Å². The Kier molecular flexibility index (Phi) is 3.28. The highest BCUT2D eigenvalue weighted by molar-refractivity contribution is 6.34. The van der Waals surface area contributed by atoms with Gasteiger partial charge in [0, 0.05) is 0 Å². The molecule has 1 rings (SSSR count). The number of hydrogen-bond donors (Lipinski definition) is 2. The monoisotopic (exact) mass is 198 g/mol. The number of hydrogen-bond acceptors (Lipinski definition) is 2. The Morgan fingerprint density at radius 1 is 1.62 bits per heavy atom. The van der Waals surface area contributed by atoms with Crippen molar-refractivity contribution in [3.63, 3.8) is 0 Å². The molecule has 0 saturated heterocycles. The standard InChI is InChI=1S/C9H11ClN2O/c1-6-3-2-4-7(9(6)10)12-8(13)5-11/h2-4H,5,11H2,1H3,(H,12,13). The van der Waals surface area contributed by atoms with Crippen LogP contribution in [0, 0.1) is 6.92 Å². The Balaban J connectivity index is 2.89. The number of halogens is 1. The summed E-state index contributed by atoms with van der Waals surface area (Å²) in [5.74, 6) is -0.243. The number of anilines is 1. The van der Waals surface area contributed by atoms with Gasteiger partial charge in [-0.1, -0.05) is 23.7 Å². The van der Waals surface area contributed by atoms with E-state index in [0.29, 0.717) is 10.7 Å². The molecule has 0 spiro atoms. The highest BCUT2D eigenvalue weighted by atomic mass is 35.5. The van der Waals surface area contributed by atoms with Crippen molar-refractivity contribution in [2.24, 2.45) is 5.73 Å². The van der Waals surface area contributed by atoms with Gasteiger partial charge in [-0.05, 0) is 18.6 Å². The van der Waals surface area contributed by atoms with E-state index in [9.17, 15) is 4.79 Å². The number of benzene rings is 1. The van der Waals surface area contributed by atoms with Gasteiger partial charge in [-0.15, -0.1) is 0 Å². The molecule has 1 amide bonds. The van der Waals surface area contributed by atoms with Crippen molar-refractivity contribution in [3.05, 3.63) is 28.8 Å². The van der Waals surface area contributed by atoms with Crippen LogP contribution in [0.1, 0.15) is 5.56 Å². The van der Waals surface area contributed by atoms with Crippen LogP contribution < -0.4 is 11.1 Å². The van der Waals surface area contributed by atoms with Gasteiger partial charge in [-0.2, -0.15) is 0 Å². The van der Waals surface area contributed by atoms with E-state index in [4.69, 9.17) is 17.3 Å². The molecular formula is C9H11ClN2O. The molecule has 0 aromatic heterocycles. The third-order valence-electron chi connectivity index (χ3n) is 1.65. The number of rotatable bonds is 2. The van der Waals surface area contributed by atoms with E-state index >= 15 is 0 Å². The van der Waals surface area contributed by atoms with Crippen LogP contribution in [-0.2, 0) is 4.79 Å². The third kappa shape index (κ3) is 2.44. The average molecular weight is 199 g/mol. The number of nitrogens with two attached hydrogens (primary N) is 1. The topological polar surface area (TPSA) is 55.1 Å². The SMILES string of the molecule is Cc1cccc(NC(=O)CN)c1Cl. The molecule has 0 fully saturated rings. The molecule has 0 atom stereocenters. The van der Waals surface area contributed by atoms with Crippen LogP contribution in [0.4, 0.5) is 5.69 Å². The Bertz CT molecular complexity index is 325. The number of nitrogens with one attached hydrogen (secondary N) is 1. The van der Waals surface area contributed by atoms with Gasteiger partial charge in [0.15, 0.2) is 0 Å². The fourth-order valence-corrected chi connectivity index (χ4v) is 1.12. The van der Waals surface area contributed by atoms with Gasteiger partial charge in [0.2, 0.25) is 5.91 Å². The van der Waals surface area contributed by atoms with Crippen LogP contribution in [0.3, 0.4) is 0 Å². The van der Waals surface area contributed by atoms with Crippen molar-refractivity contribution in [1.29, 1.82) is 0 Å². The molecule has 0 saturated carbocycles. The first-order chi connectivity index (χ1) is 6.15. The van der Waals surface area contributed by atoms with Gasteiger partial charge in [-0.25, -0.2) is 0 Å². The molecule has 4 heteroatoms. The lowest BCUT2D eigenvalue weighted by Gasteiger charge is -2.07. The van der Waals surface area contributed by atoms with E-state index in [1.165, 1.54) is 0 Å². The quantitative estimate of drug-likeness (QED) is 0.758. The summed E-state index contributed by atoms with van der Waals surface area (Å²) in [6.07, 6.45) is 0. The molecule has 0 aliphatic heterocycles. The lowest BCUT2D eigenvalue weighted by molar-refractivity contribution is -0.114. The van der Waals surface area contributed by atoms with Crippen molar-refractivity contribution in [1.82, 2.24) is 0 Å². The summed E-state index contributed by atoms with van der Waals surface area (Å²) in [4.78, 5) is 10.9. The van der Waals surface area contributed by atoms with E-state index in [-0.39, 0.29) is 12.5 Å². The third-order valence-corrected chi connectivity index (χ3v) is 2.15. The zero-order chi connectivity index (χ0) is 9.84. The van der Waals surface area contributed by atoms with Gasteiger partial charge < -0.3 is 11.1 Å². The highest BCUT2D eigenvalue weighted by Crippen LogP contribution is 2.24. The Labute approximate surface area is 81.9 Å². The van der Waals surface area contributed by atoms with Crippen LogP contribution >= 0.6 is 11.6 Å². The fourth-order valence-electron chi connectivity index (χ4n) is 0.945. The predicted molar refractivity (Wildman–Crippen MR) is 53.9 cm³/mol. The van der Waals surface area contributed by atoms with Crippen molar-refractivity contribution in [2.75, 3.05) is 11.9 Å². The summed E-state index contributed by atoms with van der Waals surface area (Å²) in [6.45, 7) is 1.84. The second-order valence-electron chi connectivity index (χ2n) is 2.69. The Hall–Kier alpha value is -1.06. The molecule has 70 valence electrons. The highest BCUT2D eigenvalue weighted by Gasteiger charge is 2.04. The maximum Gasteiger partial charge on any atom is 0.238 e. The Morgan fingerprint density at radius 2 is 2.31 bits per heavy atom. The zero-order valence-electron chi connectivity index (χ0n) is 7.30. The minimum absolute atomic E-state index is 0.0374. The van der Waals surface area contributed by atoms with Crippen LogP contribution in [0.5, 0.6) is 0 Å². The molecule has 0 heterocycles. The van der Waals surface area contributed by atoms with Gasteiger partial charge in [0.05, 0.1) is 17.3 Å². The summed E-state index contributed by atoms with van der Waals surface area (Å²) >= 11 is 5.94. The molecule has 13 heavy (non-hydrogen) atoms. The maximum absolute atomic E-state index is 10.9. The number of aryl methyl sites for hydroxylation is 1. The molecule has 0 unspecified atom stereocenters. The molecule has 0 aliphatic carbocycles. The van der Waals surface area contributed by atoms with Gasteiger partial charge in [0.25, 0.3) is 0 Å². The lowest BCUT2D eigenvalue weighted by atomic mass is 10.2. The first-order valence-electron chi connectivity index (χ1n) is 3.90. The summed E-state index contributed by atoms with van der Waals surface area (Å²) < 4.78 is 0. The number of carbonyl (C=O) groups excluding carboxylic acids is 1. The first kappa shape index (κ1) is 10.0. The molecule has 0 bridgehead atoms. The predicted octanol–water partition coefficient (Wildman–Crippen LogP) is 1.55. The molecule has 0 radical (unpaired) electrons. The van der Waals surface area contributed by atoms with Crippen LogP contribution in [0.25, 0.3) is 0 Å². The van der Waals surface area contributed by atoms with E-state index in [2.05, 4.69) is 5.32 Å². The van der Waals surface area contributed by atoms with Gasteiger partial charge in [0.1, 0.15) is 0 Å². The summed E-state index contributed by atoms with van der Waals surface area (Å²) in [5, 5.41) is 3.16. The summed E-state index contributed by atoms with van der Waals surface area (Å²) in [6, 6.07) is 5.44. The number of carbonyl (C=O) groups is 1. The largest absolute Gasteiger partial charge is 0.324 e. The van der Waals surface area contributed by atoms with Crippen molar-refractivity contribution >= 4 is 23.2 Å². The molecular weight excluding hydrogens is 188 g/mol. The van der Waals surface area contributed by atoms with Crippen molar-refractivity contribution < 1.29 is 4.79 Å². The second kappa shape index (κ2) is 4.25. The van der Waals surface area contributed by atoms with E-state index in [1.807, 2.05) is 19.1 Å². The zero-order valence-corrected chi connectivity index (χ0v) is 8.06. The first-order valence-corrected chi connectivity index (χ1v) is 4.28. The molecule has 3 N–H and O–H groups in total. The van der Waals surface area contributed by atoms with Crippen molar-refractivity contribution in [3.8, 4) is 0 Å². The Morgan fingerprint density at radius 3 is 2.92 bits per heavy atom. The molecule has 3 nitrogen and oxygen atoms in total. The molecule has 1 aromatic rings. The van der Waals surface area contributed by atoms with Crippen LogP contribution in [-0.4, -0.2) is 12.5 Å². The average Bonchev–Trinajstić information content (AvgIpc) is 2.13. The minimum Gasteiger partial charge on any atom is -0.324 e. The second-order valence-corrected chi connectivity index (χ2v) is 3.07. The summed E-state index contributed by atoms with van der Waals surface area (Å²) in [5.41, 5.74) is 6.69. The molecule has 1 aromatic carbocycles. The van der Waals surface area contributed by atoms with Gasteiger partial charge >= 0.3 is 0 Å². The van der Waals surface area contributed by atoms with Crippen LogP contribution in [0.15, 0.2) is 18.2 Å². The normalized spacial score (nSPS) is 9.77. The van der Waals surface area contributed by atoms with E-state index in [1.54, 1.807) is 6.07 Å². The van der Waals surface area contributed by atoms with E-state index in [0.717, 1.165) is 5.56 Å². The fraction of sp³-hybridized carbons (Fsp3) is 0.222. The minimum atomic E-state index is -0.243. The van der Waals surface area contributed by atoms with Crippen LogP contribution in [0.2, 0.25) is 5.02 Å². The lowest BCUT2D eigenvalue weighted by Crippen LogP contribution is -2.22. The summed E-state index contributed by atoms with van der Waals surface area (Å²) in [7, 11) is 0. The molecule has 0 aliphatic rings. The van der Waals surface area contributed by atoms with Gasteiger partial charge in [-0.3, -0.25) is 4.79 Å².